The van der Waals surface area contributed by atoms with Crippen LogP contribution in [0.2, 0.25) is 0 Å². The molecule has 0 aliphatic carbocycles. The van der Waals surface area contributed by atoms with Crippen LogP contribution in [0.3, 0.4) is 0 Å². The van der Waals surface area contributed by atoms with Crippen molar-refractivity contribution in [1.82, 2.24) is 0 Å². The van der Waals surface area contributed by atoms with E-state index in [9.17, 15) is 15.0 Å². The Kier molecular flexibility index (Phi) is 2.94. The molecular formula is C17H14O4. The molecule has 0 spiro atoms. The number of aromatic hydroxyl groups is 2. The van der Waals surface area contributed by atoms with E-state index in [0.29, 0.717) is 0 Å². The van der Waals surface area contributed by atoms with Gasteiger partial charge in [0.15, 0.2) is 17.3 Å². The summed E-state index contributed by atoms with van der Waals surface area (Å²) in [6.07, 6.45) is 1.64. The van der Waals surface area contributed by atoms with Crippen LogP contribution in [-0.4, -0.2) is 16.0 Å². The molecule has 0 amide bonds. The molecule has 0 saturated carbocycles. The van der Waals surface area contributed by atoms with E-state index in [0.717, 1.165) is 16.7 Å². The maximum absolute atomic E-state index is 12.2. The highest BCUT2D eigenvalue weighted by atomic mass is 16.5. The van der Waals surface area contributed by atoms with Crippen LogP contribution in [0.15, 0.2) is 36.1 Å². The van der Waals surface area contributed by atoms with Crippen LogP contribution in [0.5, 0.6) is 17.2 Å². The van der Waals surface area contributed by atoms with Crippen LogP contribution in [0.4, 0.5) is 0 Å². The fraction of sp³-hybridized carbons (Fsp3) is 0.118. The molecule has 0 aromatic heterocycles. The van der Waals surface area contributed by atoms with Gasteiger partial charge in [-0.2, -0.15) is 0 Å². The normalized spacial score (nSPS) is 15.1. The molecule has 1 aliphatic heterocycles. The molecule has 1 aliphatic rings. The largest absolute Gasteiger partial charge is 0.504 e. The van der Waals surface area contributed by atoms with Gasteiger partial charge in [-0.15, -0.1) is 0 Å². The number of fused-ring (bicyclic) bond motifs is 1. The first-order chi connectivity index (χ1) is 9.95. The molecule has 0 atom stereocenters. The lowest BCUT2D eigenvalue weighted by Gasteiger charge is -2.03. The van der Waals surface area contributed by atoms with Gasteiger partial charge in [0.2, 0.25) is 11.5 Å². The molecule has 0 unspecified atom stereocenters. The van der Waals surface area contributed by atoms with Crippen molar-refractivity contribution in [2.45, 2.75) is 13.8 Å². The zero-order valence-corrected chi connectivity index (χ0v) is 11.7. The molecule has 21 heavy (non-hydrogen) atoms. The highest BCUT2D eigenvalue weighted by Gasteiger charge is 2.31. The second-order valence-corrected chi connectivity index (χ2v) is 5.17. The first-order valence-electron chi connectivity index (χ1n) is 6.53. The van der Waals surface area contributed by atoms with E-state index in [1.54, 1.807) is 6.08 Å². The average Bonchev–Trinajstić information content (AvgIpc) is 2.71. The molecule has 0 saturated heterocycles. The van der Waals surface area contributed by atoms with Gasteiger partial charge < -0.3 is 14.9 Å². The number of hydrogen-bond donors (Lipinski definition) is 2. The van der Waals surface area contributed by atoms with Crippen LogP contribution in [0.1, 0.15) is 27.0 Å². The van der Waals surface area contributed by atoms with Gasteiger partial charge in [0.25, 0.3) is 0 Å². The lowest BCUT2D eigenvalue weighted by atomic mass is 10.0. The van der Waals surface area contributed by atoms with Crippen molar-refractivity contribution in [2.24, 2.45) is 0 Å². The number of Topliss-reactive ketones (excluding diaryl/α,β-unsaturated/α-hetero) is 1. The Hall–Kier alpha value is -2.75. The number of ether oxygens (including phenoxy) is 1. The van der Waals surface area contributed by atoms with Crippen molar-refractivity contribution >= 4 is 11.9 Å². The zero-order chi connectivity index (χ0) is 15.1. The number of allylic oxidation sites excluding steroid dienone is 1. The van der Waals surface area contributed by atoms with Gasteiger partial charge >= 0.3 is 0 Å². The Morgan fingerprint density at radius 1 is 1.05 bits per heavy atom. The molecule has 2 N–H and O–H groups in total. The minimum atomic E-state index is -0.412. The van der Waals surface area contributed by atoms with E-state index in [1.807, 2.05) is 32.0 Å². The van der Waals surface area contributed by atoms with Gasteiger partial charge in [-0.05, 0) is 37.6 Å². The van der Waals surface area contributed by atoms with Gasteiger partial charge in [-0.25, -0.2) is 0 Å². The molecule has 0 fully saturated rings. The molecule has 3 rings (SSSR count). The Balaban J connectivity index is 2.05. The number of phenols is 2. The van der Waals surface area contributed by atoms with Crippen molar-refractivity contribution in [3.63, 3.8) is 0 Å². The first-order valence-corrected chi connectivity index (χ1v) is 6.53. The van der Waals surface area contributed by atoms with Gasteiger partial charge in [0, 0.05) is 0 Å². The molecule has 0 bridgehead atoms. The molecule has 2 aromatic rings. The topological polar surface area (TPSA) is 66.8 Å². The number of ketones is 1. The Labute approximate surface area is 121 Å². The van der Waals surface area contributed by atoms with E-state index >= 15 is 0 Å². The summed E-state index contributed by atoms with van der Waals surface area (Å²) in [5.41, 5.74) is 3.28. The van der Waals surface area contributed by atoms with E-state index < -0.39 is 5.75 Å². The standard InChI is InChI=1S/C17H14O4/c1-9-5-10(2)7-11(6-9)8-14-15(19)12-3-4-13(18)16(20)17(12)21-14/h3-8,18,20H,1-2H3/b14-8-. The summed E-state index contributed by atoms with van der Waals surface area (Å²) >= 11 is 0. The lowest BCUT2D eigenvalue weighted by molar-refractivity contribution is 0.101. The van der Waals surface area contributed by atoms with Crippen LogP contribution >= 0.6 is 0 Å². The second-order valence-electron chi connectivity index (χ2n) is 5.17. The number of benzene rings is 2. The van der Waals surface area contributed by atoms with Crippen molar-refractivity contribution in [2.75, 3.05) is 0 Å². The van der Waals surface area contributed by atoms with Crippen molar-refractivity contribution < 1.29 is 19.7 Å². The van der Waals surface area contributed by atoms with Crippen molar-refractivity contribution in [3.05, 3.63) is 58.3 Å². The maximum atomic E-state index is 12.2. The molecule has 1 heterocycles. The summed E-state index contributed by atoms with van der Waals surface area (Å²) in [7, 11) is 0. The number of phenolic OH excluding ortho intramolecular Hbond substituents is 2. The number of carbonyl (C=O) groups excluding carboxylic acids is 1. The van der Waals surface area contributed by atoms with Crippen LogP contribution in [-0.2, 0) is 0 Å². The van der Waals surface area contributed by atoms with Crippen molar-refractivity contribution in [1.29, 1.82) is 0 Å². The summed E-state index contributed by atoms with van der Waals surface area (Å²) in [5, 5.41) is 19.2. The minimum Gasteiger partial charge on any atom is -0.504 e. The summed E-state index contributed by atoms with van der Waals surface area (Å²) in [4.78, 5) is 12.2. The molecule has 4 nitrogen and oxygen atoms in total. The fourth-order valence-corrected chi connectivity index (χ4v) is 2.47. The third-order valence-corrected chi connectivity index (χ3v) is 3.33. The average molecular weight is 282 g/mol. The summed E-state index contributed by atoms with van der Waals surface area (Å²) in [5.74, 6) is -0.884. The summed E-state index contributed by atoms with van der Waals surface area (Å²) < 4.78 is 5.42. The van der Waals surface area contributed by atoms with Crippen molar-refractivity contribution in [3.8, 4) is 17.2 Å². The smallest absolute Gasteiger partial charge is 0.232 e. The minimum absolute atomic E-state index is 0.00984. The molecule has 0 radical (unpaired) electrons. The predicted molar refractivity (Wildman–Crippen MR) is 78.6 cm³/mol. The van der Waals surface area contributed by atoms with E-state index in [4.69, 9.17) is 4.74 Å². The van der Waals surface area contributed by atoms with Crippen LogP contribution in [0.25, 0.3) is 6.08 Å². The predicted octanol–water partition coefficient (Wildman–Crippen LogP) is 3.33. The summed E-state index contributed by atoms with van der Waals surface area (Å²) in [6.45, 7) is 3.95. The number of hydrogen-bond acceptors (Lipinski definition) is 4. The summed E-state index contributed by atoms with van der Waals surface area (Å²) in [6, 6.07) is 8.64. The van der Waals surface area contributed by atoms with Gasteiger partial charge in [0.05, 0.1) is 5.56 Å². The third kappa shape index (κ3) is 2.25. The fourth-order valence-electron chi connectivity index (χ4n) is 2.47. The second kappa shape index (κ2) is 4.66. The Bertz CT molecular complexity index is 767. The lowest BCUT2D eigenvalue weighted by Crippen LogP contribution is -1.98. The number of carbonyl (C=O) groups is 1. The van der Waals surface area contributed by atoms with Gasteiger partial charge in [-0.3, -0.25) is 4.79 Å². The van der Waals surface area contributed by atoms with E-state index in [1.165, 1.54) is 12.1 Å². The number of rotatable bonds is 1. The monoisotopic (exact) mass is 282 g/mol. The Morgan fingerprint density at radius 2 is 1.71 bits per heavy atom. The van der Waals surface area contributed by atoms with Gasteiger partial charge in [0.1, 0.15) is 0 Å². The first kappa shape index (κ1) is 13.2. The zero-order valence-electron chi connectivity index (χ0n) is 11.7. The molecular weight excluding hydrogens is 268 g/mol. The highest BCUT2D eigenvalue weighted by Crippen LogP contribution is 2.44. The Morgan fingerprint density at radius 3 is 2.38 bits per heavy atom. The van der Waals surface area contributed by atoms with Gasteiger partial charge in [-0.1, -0.05) is 29.3 Å². The van der Waals surface area contributed by atoms with Crippen LogP contribution < -0.4 is 4.74 Å². The quantitative estimate of drug-likeness (QED) is 0.622. The molecule has 106 valence electrons. The van der Waals surface area contributed by atoms with Crippen LogP contribution in [0, 0.1) is 13.8 Å². The molecule has 4 heteroatoms. The highest BCUT2D eigenvalue weighted by molar-refractivity contribution is 6.15. The molecule has 2 aromatic carbocycles. The third-order valence-electron chi connectivity index (χ3n) is 3.33. The van der Waals surface area contributed by atoms with E-state index in [2.05, 4.69) is 0 Å². The number of aryl methyl sites for hydroxylation is 2. The van der Waals surface area contributed by atoms with E-state index in [-0.39, 0.29) is 28.6 Å². The maximum Gasteiger partial charge on any atom is 0.232 e. The SMILES string of the molecule is Cc1cc(C)cc(/C=C2\Oc3c(ccc(O)c3O)C2=O)c1.